The van der Waals surface area contributed by atoms with E-state index in [1.54, 1.807) is 0 Å². The van der Waals surface area contributed by atoms with E-state index in [1.807, 2.05) is 18.6 Å². The Bertz CT molecular complexity index is 3590. The van der Waals surface area contributed by atoms with Gasteiger partial charge in [-0.05, 0) is 177 Å². The molecule has 0 unspecified atom stereocenters. The summed E-state index contributed by atoms with van der Waals surface area (Å²) >= 11 is 0. The number of anilines is 3. The molecule has 73 heavy (non-hydrogen) atoms. The van der Waals surface area contributed by atoms with E-state index in [9.17, 15) is 0 Å². The third-order valence-electron chi connectivity index (χ3n) is 15.2. The van der Waals surface area contributed by atoms with Gasteiger partial charge in [0.15, 0.2) is 0 Å². The number of hydrogen-bond acceptors (Lipinski definition) is 4. The van der Waals surface area contributed by atoms with Crippen LogP contribution in [0.2, 0.25) is 0 Å². The zero-order valence-electron chi connectivity index (χ0n) is 41.4. The highest BCUT2D eigenvalue weighted by Gasteiger charge is 2.33. The van der Waals surface area contributed by atoms with Gasteiger partial charge >= 0.3 is 0 Å². The fourth-order valence-electron chi connectivity index (χ4n) is 11.8. The normalized spacial score (nSPS) is 12.5. The maximum absolute atomic E-state index is 5.24. The topological polar surface area (TPSA) is 41.9 Å². The van der Waals surface area contributed by atoms with Crippen LogP contribution in [0.1, 0.15) is 67.6 Å². The van der Waals surface area contributed by atoms with Crippen molar-refractivity contribution in [3.63, 3.8) is 0 Å². The lowest BCUT2D eigenvalue weighted by Crippen LogP contribution is -2.15. The molecule has 4 nitrogen and oxygen atoms in total. The Morgan fingerprint density at radius 2 is 0.712 bits per heavy atom. The highest BCUT2D eigenvalue weighted by atomic mass is 15.2. The Hall–Kier alpha value is -8.99. The Morgan fingerprint density at radius 3 is 1.11 bits per heavy atom. The molecule has 348 valence electrons. The molecule has 0 spiro atoms. The molecule has 0 saturated heterocycles. The van der Waals surface area contributed by atoms with Crippen molar-refractivity contribution in [1.29, 1.82) is 0 Å². The standard InChI is InChI=1S/C69H52N4/c1-43-31-32-70-46(4)69(43)73(53-35-49(65-39-63(44(2)41-71-65)47-19-7-5-8-20-47)33-51(37-53)67-59-27-15-11-23-55(59)56-24-12-16-28-60(56)67)54-36-50(66-40-64(45(3)42-72-66)48-21-9-6-10-22-48)34-52(38-54)68-61-29-17-13-25-57(61)58-26-14-18-30-62(58)68/h5-42,67-68H,1-4H3. The summed E-state index contributed by atoms with van der Waals surface area (Å²) in [5, 5.41) is 0. The quantitative estimate of drug-likeness (QED) is 0.145. The molecule has 0 fully saturated rings. The van der Waals surface area contributed by atoms with E-state index in [0.29, 0.717) is 0 Å². The minimum absolute atomic E-state index is 0.00959. The van der Waals surface area contributed by atoms with Crippen molar-refractivity contribution in [2.75, 3.05) is 4.90 Å². The first-order chi connectivity index (χ1) is 35.9. The van der Waals surface area contributed by atoms with Gasteiger partial charge in [-0.15, -0.1) is 0 Å². The van der Waals surface area contributed by atoms with Crippen LogP contribution in [0.25, 0.3) is 67.0 Å². The van der Waals surface area contributed by atoms with Gasteiger partial charge < -0.3 is 4.90 Å². The molecule has 0 amide bonds. The molecule has 3 heterocycles. The van der Waals surface area contributed by atoms with Gasteiger partial charge in [0.2, 0.25) is 0 Å². The van der Waals surface area contributed by atoms with Crippen LogP contribution in [0.3, 0.4) is 0 Å². The summed E-state index contributed by atoms with van der Waals surface area (Å²) in [5.74, 6) is -0.0192. The highest BCUT2D eigenvalue weighted by Crippen LogP contribution is 2.53. The number of hydrogen-bond donors (Lipinski definition) is 0. The Labute approximate surface area is 428 Å². The second-order valence-electron chi connectivity index (χ2n) is 19.7. The van der Waals surface area contributed by atoms with Gasteiger partial charge in [-0.3, -0.25) is 15.0 Å². The van der Waals surface area contributed by atoms with Crippen molar-refractivity contribution in [2.45, 2.75) is 39.5 Å². The first kappa shape index (κ1) is 44.0. The predicted molar refractivity (Wildman–Crippen MR) is 301 cm³/mol. The van der Waals surface area contributed by atoms with E-state index >= 15 is 0 Å². The first-order valence-corrected chi connectivity index (χ1v) is 25.3. The van der Waals surface area contributed by atoms with Crippen molar-refractivity contribution >= 4 is 17.1 Å². The zero-order valence-corrected chi connectivity index (χ0v) is 41.4. The van der Waals surface area contributed by atoms with Gasteiger partial charge in [-0.2, -0.15) is 0 Å². The summed E-state index contributed by atoms with van der Waals surface area (Å²) in [6.07, 6.45) is 5.99. The largest absolute Gasteiger partial charge is 0.308 e. The summed E-state index contributed by atoms with van der Waals surface area (Å²) in [4.78, 5) is 18.0. The Kier molecular flexibility index (Phi) is 10.8. The lowest BCUT2D eigenvalue weighted by Gasteiger charge is -2.31. The van der Waals surface area contributed by atoms with E-state index in [1.165, 1.54) is 77.9 Å². The first-order valence-electron chi connectivity index (χ1n) is 25.3. The molecule has 11 aromatic rings. The van der Waals surface area contributed by atoms with Gasteiger partial charge in [0.05, 0.1) is 22.8 Å². The molecule has 3 aromatic heterocycles. The average molecular weight is 937 g/mol. The molecule has 0 radical (unpaired) electrons. The zero-order chi connectivity index (χ0) is 49.2. The number of rotatable bonds is 9. The number of pyridine rings is 3. The van der Waals surface area contributed by atoms with Crippen LogP contribution in [-0.4, -0.2) is 15.0 Å². The summed E-state index contributed by atoms with van der Waals surface area (Å²) in [7, 11) is 0. The van der Waals surface area contributed by atoms with Crippen LogP contribution in [0.5, 0.6) is 0 Å². The molecule has 0 N–H and O–H groups in total. The highest BCUT2D eigenvalue weighted by molar-refractivity contribution is 5.89. The van der Waals surface area contributed by atoms with Gasteiger partial charge in [-0.25, -0.2) is 0 Å². The number of benzene rings is 8. The minimum atomic E-state index is -0.00959. The fraction of sp³-hybridized carbons (Fsp3) is 0.0870. The molecular weight excluding hydrogens is 885 g/mol. The summed E-state index contributed by atoms with van der Waals surface area (Å²) in [6, 6.07) is 78.0. The molecule has 0 saturated carbocycles. The van der Waals surface area contributed by atoms with E-state index < -0.39 is 0 Å². The average Bonchev–Trinajstić information content (AvgIpc) is 3.96. The molecule has 2 aliphatic rings. The van der Waals surface area contributed by atoms with Crippen molar-refractivity contribution in [3.05, 3.63) is 287 Å². The number of fused-ring (bicyclic) bond motifs is 6. The lowest BCUT2D eigenvalue weighted by atomic mass is 9.86. The smallest absolute Gasteiger partial charge is 0.0709 e. The lowest BCUT2D eigenvalue weighted by molar-refractivity contribution is 1.01. The van der Waals surface area contributed by atoms with E-state index in [4.69, 9.17) is 15.0 Å². The van der Waals surface area contributed by atoms with Crippen LogP contribution in [-0.2, 0) is 0 Å². The van der Waals surface area contributed by atoms with Gasteiger partial charge in [-0.1, -0.05) is 158 Å². The third-order valence-corrected chi connectivity index (χ3v) is 15.2. The second kappa shape index (κ2) is 18.0. The van der Waals surface area contributed by atoms with Crippen LogP contribution < -0.4 is 4.90 Å². The third kappa shape index (κ3) is 7.66. The molecular formula is C69H52N4. The van der Waals surface area contributed by atoms with Gasteiger partial charge in [0.25, 0.3) is 0 Å². The molecule has 13 rings (SSSR count). The van der Waals surface area contributed by atoms with Crippen LogP contribution >= 0.6 is 0 Å². The molecule has 8 aromatic carbocycles. The number of nitrogens with zero attached hydrogens (tertiary/aromatic N) is 4. The van der Waals surface area contributed by atoms with Crippen molar-refractivity contribution in [3.8, 4) is 67.0 Å². The molecule has 0 bridgehead atoms. The predicted octanol–water partition coefficient (Wildman–Crippen LogP) is 17.6. The van der Waals surface area contributed by atoms with Gasteiger partial charge in [0, 0.05) is 52.9 Å². The molecule has 0 aliphatic heterocycles. The Morgan fingerprint density at radius 1 is 0.329 bits per heavy atom. The van der Waals surface area contributed by atoms with Crippen LogP contribution in [0.15, 0.2) is 231 Å². The van der Waals surface area contributed by atoms with E-state index in [-0.39, 0.29) is 11.8 Å². The monoisotopic (exact) mass is 936 g/mol. The summed E-state index contributed by atoms with van der Waals surface area (Å²) < 4.78 is 0. The number of aromatic nitrogens is 3. The second-order valence-corrected chi connectivity index (χ2v) is 19.7. The molecule has 4 heteroatoms. The van der Waals surface area contributed by atoms with Crippen molar-refractivity contribution < 1.29 is 0 Å². The van der Waals surface area contributed by atoms with Crippen molar-refractivity contribution in [1.82, 2.24) is 15.0 Å². The fourth-order valence-corrected chi connectivity index (χ4v) is 11.8. The summed E-state index contributed by atoms with van der Waals surface area (Å²) in [6.45, 7) is 8.65. The number of aryl methyl sites for hydroxylation is 4. The maximum atomic E-state index is 5.24. The maximum Gasteiger partial charge on any atom is 0.0709 e. The molecule has 0 atom stereocenters. The summed E-state index contributed by atoms with van der Waals surface area (Å²) in [5.41, 5.74) is 28.7. The SMILES string of the molecule is Cc1cnc(-c2cc(C3c4ccccc4-c4ccccc43)cc(N(c3cc(-c4cc(-c5ccccc5)c(C)cn4)cc(C4c5ccccc5-c5ccccc54)c3)c3c(C)ccnc3C)c2)cc1-c1ccccc1. The van der Waals surface area contributed by atoms with E-state index in [2.05, 4.69) is 245 Å². The van der Waals surface area contributed by atoms with Crippen LogP contribution in [0, 0.1) is 27.7 Å². The Balaban J connectivity index is 1.10. The van der Waals surface area contributed by atoms with E-state index in [0.717, 1.165) is 62.0 Å². The van der Waals surface area contributed by atoms with Crippen LogP contribution in [0.4, 0.5) is 17.1 Å². The van der Waals surface area contributed by atoms with Gasteiger partial charge in [0.1, 0.15) is 0 Å². The van der Waals surface area contributed by atoms with Crippen molar-refractivity contribution in [2.24, 2.45) is 0 Å². The molecule has 2 aliphatic carbocycles. The minimum Gasteiger partial charge on any atom is -0.308 e.